The third-order valence-electron chi connectivity index (χ3n) is 8.16. The molecule has 0 aliphatic carbocycles. The molecule has 272 valence electrons. The minimum absolute atomic E-state index is 0.0230. The number of rotatable bonds is 14. The molecule has 3 N–H and O–H groups in total. The number of nitrogens with zero attached hydrogens (tertiary/aromatic N) is 4. The maximum Gasteiger partial charge on any atom is 0.416 e. The molecule has 0 saturated heterocycles. The van der Waals surface area contributed by atoms with Crippen LogP contribution in [0.25, 0.3) is 10.4 Å². The van der Waals surface area contributed by atoms with E-state index in [9.17, 15) is 31.1 Å². The topological polar surface area (TPSA) is 141 Å². The molecule has 52 heavy (non-hydrogen) atoms. The van der Waals surface area contributed by atoms with Gasteiger partial charge in [-0.2, -0.15) is 26.3 Å². The van der Waals surface area contributed by atoms with Crippen LogP contribution in [0.4, 0.5) is 26.3 Å². The number of halogens is 6. The van der Waals surface area contributed by atoms with E-state index in [4.69, 9.17) is 25.1 Å². The highest BCUT2D eigenvalue weighted by Crippen LogP contribution is 2.43. The molecule has 0 bridgehead atoms. The minimum atomic E-state index is -5.05. The standard InChI is InChI=1S/C36H32F6N6O4/c37-35(38,39)28-17-23(18-29(19-28)36(40,41)42)21-44-47-33(50)34(20-26-9-4-5-10-27(26)22-45-48-43)31(24-7-2-1-3-8-24)52-32(46-34)25-11-13-30(14-12-25)51-16-6-15-49/h1-5,7-14,17-19,31,44,49H,6,15-16,20-22H2,(H,47,50)/t31-,34-/m0/s1. The second kappa shape index (κ2) is 16.2. The van der Waals surface area contributed by atoms with Crippen LogP contribution in [0.2, 0.25) is 0 Å². The van der Waals surface area contributed by atoms with E-state index in [0.717, 1.165) is 0 Å². The molecule has 2 atom stereocenters. The SMILES string of the molecule is [N-]=[N+]=NCc1ccccc1C[C@]1(C(=O)NNCc2cc(C(F)(F)F)cc(C(F)(F)F)c2)N=C(c2ccc(OCCCO)cc2)O[C@H]1c1ccccc1. The summed E-state index contributed by atoms with van der Waals surface area (Å²) in [6, 6.07) is 23.4. The number of carbonyl (C=O) groups is 1. The van der Waals surface area contributed by atoms with Crippen molar-refractivity contribution in [1.82, 2.24) is 10.9 Å². The fourth-order valence-corrected chi connectivity index (χ4v) is 5.65. The van der Waals surface area contributed by atoms with Crippen LogP contribution in [0, 0.1) is 0 Å². The van der Waals surface area contributed by atoms with E-state index in [-0.39, 0.29) is 43.7 Å². The number of amides is 1. The fourth-order valence-electron chi connectivity index (χ4n) is 5.65. The number of benzene rings is 4. The lowest BCUT2D eigenvalue weighted by atomic mass is 9.81. The number of aliphatic imine (C=N–C) groups is 1. The van der Waals surface area contributed by atoms with Crippen LogP contribution in [0.3, 0.4) is 0 Å². The number of hydrogen-bond acceptors (Lipinski definition) is 7. The molecule has 0 saturated carbocycles. The van der Waals surface area contributed by atoms with Crippen molar-refractivity contribution in [3.05, 3.63) is 146 Å². The van der Waals surface area contributed by atoms with Crippen molar-refractivity contribution in [2.45, 2.75) is 49.9 Å². The van der Waals surface area contributed by atoms with Gasteiger partial charge in [-0.1, -0.05) is 59.7 Å². The summed E-state index contributed by atoms with van der Waals surface area (Å²) >= 11 is 0. The Morgan fingerprint density at radius 1 is 0.923 bits per heavy atom. The zero-order chi connectivity index (χ0) is 37.4. The van der Waals surface area contributed by atoms with Gasteiger partial charge in [0.1, 0.15) is 5.75 Å². The lowest BCUT2D eigenvalue weighted by molar-refractivity contribution is -0.143. The van der Waals surface area contributed by atoms with E-state index in [1.807, 2.05) is 0 Å². The first kappa shape index (κ1) is 37.7. The molecule has 0 unspecified atom stereocenters. The predicted octanol–water partition coefficient (Wildman–Crippen LogP) is 7.62. The summed E-state index contributed by atoms with van der Waals surface area (Å²) in [6.07, 6.45) is -10.9. The Balaban J connectivity index is 1.54. The smallest absolute Gasteiger partial charge is 0.416 e. The molecule has 4 aromatic rings. The molecule has 0 aromatic heterocycles. The summed E-state index contributed by atoms with van der Waals surface area (Å²) in [7, 11) is 0. The van der Waals surface area contributed by atoms with Gasteiger partial charge in [0.15, 0.2) is 11.6 Å². The first-order valence-electron chi connectivity index (χ1n) is 15.9. The lowest BCUT2D eigenvalue weighted by Gasteiger charge is -2.31. The highest BCUT2D eigenvalue weighted by molar-refractivity contribution is 6.01. The molecule has 1 aliphatic heterocycles. The Morgan fingerprint density at radius 2 is 1.56 bits per heavy atom. The van der Waals surface area contributed by atoms with Gasteiger partial charge in [-0.05, 0) is 70.2 Å². The van der Waals surface area contributed by atoms with Gasteiger partial charge in [0.25, 0.3) is 5.91 Å². The van der Waals surface area contributed by atoms with Gasteiger partial charge in [0, 0.05) is 36.5 Å². The van der Waals surface area contributed by atoms with Crippen LogP contribution in [0.1, 0.15) is 51.5 Å². The van der Waals surface area contributed by atoms with E-state index in [2.05, 4.69) is 20.9 Å². The number of nitrogens with one attached hydrogen (secondary N) is 2. The van der Waals surface area contributed by atoms with Crippen molar-refractivity contribution in [3.8, 4) is 5.75 Å². The zero-order valence-electron chi connectivity index (χ0n) is 27.3. The van der Waals surface area contributed by atoms with E-state index in [0.29, 0.717) is 46.6 Å². The highest BCUT2D eigenvalue weighted by Gasteiger charge is 2.53. The quantitative estimate of drug-likeness (QED) is 0.0306. The number of hydrazine groups is 1. The predicted molar refractivity (Wildman–Crippen MR) is 178 cm³/mol. The number of ether oxygens (including phenoxy) is 2. The summed E-state index contributed by atoms with van der Waals surface area (Å²) < 4.78 is 93.1. The van der Waals surface area contributed by atoms with Crippen molar-refractivity contribution in [2.75, 3.05) is 13.2 Å². The highest BCUT2D eigenvalue weighted by atomic mass is 19.4. The van der Waals surface area contributed by atoms with Crippen LogP contribution >= 0.6 is 0 Å². The van der Waals surface area contributed by atoms with Gasteiger partial charge in [-0.15, -0.1) is 0 Å². The molecule has 16 heteroatoms. The molecule has 0 spiro atoms. The minimum Gasteiger partial charge on any atom is -0.494 e. The summed E-state index contributed by atoms with van der Waals surface area (Å²) in [4.78, 5) is 22.1. The first-order valence-corrected chi connectivity index (χ1v) is 15.9. The van der Waals surface area contributed by atoms with Crippen molar-refractivity contribution in [2.24, 2.45) is 10.1 Å². The monoisotopic (exact) mass is 726 g/mol. The molecule has 0 radical (unpaired) electrons. The number of alkyl halides is 6. The van der Waals surface area contributed by atoms with E-state index in [1.165, 1.54) is 0 Å². The van der Waals surface area contributed by atoms with Crippen molar-refractivity contribution in [3.63, 3.8) is 0 Å². The Hall–Kier alpha value is -5.57. The second-order valence-electron chi connectivity index (χ2n) is 11.8. The van der Waals surface area contributed by atoms with Gasteiger partial charge < -0.3 is 14.6 Å². The van der Waals surface area contributed by atoms with Crippen molar-refractivity contribution in [1.29, 1.82) is 0 Å². The molecule has 4 aromatic carbocycles. The van der Waals surface area contributed by atoms with Gasteiger partial charge >= 0.3 is 12.4 Å². The molecule has 10 nitrogen and oxygen atoms in total. The number of carbonyl (C=O) groups excluding carboxylic acids is 1. The van der Waals surface area contributed by atoms with Crippen molar-refractivity contribution < 1.29 is 45.7 Å². The third kappa shape index (κ3) is 9.01. The number of aliphatic hydroxyl groups is 1. The van der Waals surface area contributed by atoms with Gasteiger partial charge in [-0.3, -0.25) is 10.2 Å². The number of azide groups is 1. The van der Waals surface area contributed by atoms with Crippen molar-refractivity contribution >= 4 is 11.8 Å². The van der Waals surface area contributed by atoms with Gasteiger partial charge in [0.05, 0.1) is 24.3 Å². The third-order valence-corrected chi connectivity index (χ3v) is 8.16. The van der Waals surface area contributed by atoms with Crippen LogP contribution in [0.5, 0.6) is 5.75 Å². The second-order valence-corrected chi connectivity index (χ2v) is 11.8. The van der Waals surface area contributed by atoms with Crippen LogP contribution < -0.4 is 15.6 Å². The molecular formula is C36H32F6N6O4. The Kier molecular flexibility index (Phi) is 11.7. The Labute approximate surface area is 293 Å². The number of hydrogen-bond donors (Lipinski definition) is 3. The average molecular weight is 727 g/mol. The van der Waals surface area contributed by atoms with Crippen LogP contribution in [-0.2, 0) is 41.4 Å². The molecule has 5 rings (SSSR count). The summed E-state index contributed by atoms with van der Waals surface area (Å²) in [5.41, 5.74) is 10.9. The number of aliphatic hydroxyl groups excluding tert-OH is 1. The van der Waals surface area contributed by atoms with Crippen LogP contribution in [0.15, 0.2) is 107 Å². The molecule has 1 aliphatic rings. The fraction of sp³-hybridized carbons (Fsp3) is 0.278. The summed E-state index contributed by atoms with van der Waals surface area (Å²) in [6.45, 7) is -0.408. The molecule has 0 fully saturated rings. The Bertz CT molecular complexity index is 1900. The largest absolute Gasteiger partial charge is 0.494 e. The van der Waals surface area contributed by atoms with Crippen LogP contribution in [-0.4, -0.2) is 35.7 Å². The lowest BCUT2D eigenvalue weighted by Crippen LogP contribution is -2.53. The maximum absolute atomic E-state index is 14.5. The molecule has 1 heterocycles. The average Bonchev–Trinajstić information content (AvgIpc) is 3.51. The van der Waals surface area contributed by atoms with Gasteiger partial charge in [-0.25, -0.2) is 10.4 Å². The van der Waals surface area contributed by atoms with E-state index >= 15 is 0 Å². The van der Waals surface area contributed by atoms with E-state index < -0.39 is 47.6 Å². The first-order chi connectivity index (χ1) is 24.8. The maximum atomic E-state index is 14.5. The summed E-state index contributed by atoms with van der Waals surface area (Å²) in [5, 5.41) is 12.7. The zero-order valence-corrected chi connectivity index (χ0v) is 27.3. The normalized spacial score (nSPS) is 17.1. The van der Waals surface area contributed by atoms with E-state index in [1.54, 1.807) is 78.9 Å². The molecular weight excluding hydrogens is 694 g/mol. The Morgan fingerprint density at radius 3 is 2.17 bits per heavy atom. The summed E-state index contributed by atoms with van der Waals surface area (Å²) in [5.74, 6) is -0.216. The van der Waals surface area contributed by atoms with Gasteiger partial charge in [0.2, 0.25) is 5.90 Å². The molecule has 1 amide bonds.